The Morgan fingerprint density at radius 3 is 2.61 bits per heavy atom. The topological polar surface area (TPSA) is 68.8 Å². The van der Waals surface area contributed by atoms with Crippen molar-refractivity contribution in [2.75, 3.05) is 7.05 Å². The number of para-hydroxylation sites is 1. The van der Waals surface area contributed by atoms with Crippen molar-refractivity contribution >= 4 is 5.91 Å². The summed E-state index contributed by atoms with van der Waals surface area (Å²) < 4.78 is 3.76. The molecule has 7 heteroatoms. The Kier molecular flexibility index (Phi) is 2.84. The van der Waals surface area contributed by atoms with Gasteiger partial charge in [-0.3, -0.25) is 14.0 Å². The lowest BCUT2D eigenvalue weighted by Crippen LogP contribution is -2.25. The second-order valence-corrected chi connectivity index (χ2v) is 5.72. The summed E-state index contributed by atoms with van der Waals surface area (Å²) in [4.78, 5) is 14.2. The van der Waals surface area contributed by atoms with Gasteiger partial charge in [0.2, 0.25) is 0 Å². The third-order valence-electron chi connectivity index (χ3n) is 4.31. The van der Waals surface area contributed by atoms with Crippen molar-refractivity contribution in [1.29, 1.82) is 0 Å². The van der Waals surface area contributed by atoms with Gasteiger partial charge in [0.1, 0.15) is 0 Å². The van der Waals surface area contributed by atoms with Gasteiger partial charge in [-0.15, -0.1) is 10.2 Å². The first-order valence-corrected chi connectivity index (χ1v) is 7.36. The summed E-state index contributed by atoms with van der Waals surface area (Å²) in [7, 11) is 3.67. The summed E-state index contributed by atoms with van der Waals surface area (Å²) in [6.45, 7) is 2.41. The Morgan fingerprint density at radius 2 is 1.87 bits per heavy atom. The van der Waals surface area contributed by atoms with Gasteiger partial charge in [-0.1, -0.05) is 12.1 Å². The van der Waals surface area contributed by atoms with Crippen LogP contribution >= 0.6 is 0 Å². The Bertz CT molecular complexity index is 923. The molecular weight excluding hydrogens is 292 g/mol. The minimum absolute atomic E-state index is 0.0139. The van der Waals surface area contributed by atoms with Gasteiger partial charge >= 0.3 is 0 Å². The minimum atomic E-state index is -0.0139. The van der Waals surface area contributed by atoms with E-state index in [0.717, 1.165) is 22.8 Å². The molecule has 3 aromatic rings. The molecule has 0 spiro atoms. The van der Waals surface area contributed by atoms with Crippen LogP contribution in [0.25, 0.3) is 17.1 Å². The maximum absolute atomic E-state index is 12.6. The molecule has 0 saturated carbocycles. The van der Waals surface area contributed by atoms with E-state index in [4.69, 9.17) is 0 Å². The molecule has 0 aliphatic carbocycles. The third-order valence-corrected chi connectivity index (χ3v) is 4.31. The lowest BCUT2D eigenvalue weighted by Gasteiger charge is -2.12. The molecule has 0 fully saturated rings. The summed E-state index contributed by atoms with van der Waals surface area (Å²) in [5, 5.41) is 13.0. The van der Waals surface area contributed by atoms with Crippen LogP contribution in [0.1, 0.15) is 21.9 Å². The average Bonchev–Trinajstić information content (AvgIpc) is 3.08. The van der Waals surface area contributed by atoms with Gasteiger partial charge < -0.3 is 4.90 Å². The number of fused-ring (bicyclic) bond motifs is 3. The number of carbonyl (C=O) groups is 1. The molecule has 0 bridgehead atoms. The van der Waals surface area contributed by atoms with Crippen LogP contribution in [0.4, 0.5) is 0 Å². The summed E-state index contributed by atoms with van der Waals surface area (Å²) in [6.07, 6.45) is 1.78. The fraction of sp³-hybridized carbons (Fsp3) is 0.250. The van der Waals surface area contributed by atoms with E-state index in [0.29, 0.717) is 17.9 Å². The van der Waals surface area contributed by atoms with Crippen molar-refractivity contribution in [2.24, 2.45) is 7.05 Å². The van der Waals surface area contributed by atoms with Gasteiger partial charge in [-0.05, 0) is 19.1 Å². The molecule has 23 heavy (non-hydrogen) atoms. The first-order chi connectivity index (χ1) is 11.1. The fourth-order valence-corrected chi connectivity index (χ4v) is 2.90. The van der Waals surface area contributed by atoms with Crippen molar-refractivity contribution in [1.82, 2.24) is 29.4 Å². The molecule has 0 unspecified atom stereocenters. The van der Waals surface area contributed by atoms with E-state index < -0.39 is 0 Å². The van der Waals surface area contributed by atoms with Gasteiger partial charge in [0.05, 0.1) is 29.6 Å². The highest BCUT2D eigenvalue weighted by Gasteiger charge is 2.28. The van der Waals surface area contributed by atoms with Crippen molar-refractivity contribution in [3.05, 3.63) is 47.5 Å². The van der Waals surface area contributed by atoms with E-state index in [1.807, 2.05) is 42.8 Å². The lowest BCUT2D eigenvalue weighted by molar-refractivity contribution is 0.0786. The highest BCUT2D eigenvalue weighted by atomic mass is 16.2. The second-order valence-electron chi connectivity index (χ2n) is 5.72. The van der Waals surface area contributed by atoms with E-state index in [9.17, 15) is 4.79 Å². The zero-order chi connectivity index (χ0) is 16.1. The maximum Gasteiger partial charge on any atom is 0.256 e. The van der Waals surface area contributed by atoms with E-state index in [-0.39, 0.29) is 5.91 Å². The van der Waals surface area contributed by atoms with Gasteiger partial charge in [-0.2, -0.15) is 5.10 Å². The van der Waals surface area contributed by atoms with E-state index in [2.05, 4.69) is 15.3 Å². The smallest absolute Gasteiger partial charge is 0.256 e. The Morgan fingerprint density at radius 1 is 1.09 bits per heavy atom. The van der Waals surface area contributed by atoms with Crippen molar-refractivity contribution in [3.8, 4) is 17.1 Å². The molecule has 7 nitrogen and oxygen atoms in total. The van der Waals surface area contributed by atoms with Crippen LogP contribution in [0.3, 0.4) is 0 Å². The molecule has 1 aliphatic rings. The lowest BCUT2D eigenvalue weighted by atomic mass is 10.1. The molecule has 0 N–H and O–H groups in total. The summed E-state index contributed by atoms with van der Waals surface area (Å²) in [5.74, 6) is 1.44. The number of carbonyl (C=O) groups excluding carboxylic acids is 1. The minimum Gasteiger partial charge on any atom is -0.334 e. The molecule has 0 atom stereocenters. The first-order valence-electron chi connectivity index (χ1n) is 7.36. The van der Waals surface area contributed by atoms with Crippen LogP contribution < -0.4 is 0 Å². The third kappa shape index (κ3) is 1.89. The van der Waals surface area contributed by atoms with Gasteiger partial charge in [-0.25, -0.2) is 0 Å². The van der Waals surface area contributed by atoms with E-state index in [1.165, 1.54) is 0 Å². The number of nitrogens with zero attached hydrogens (tertiary/aromatic N) is 6. The highest BCUT2D eigenvalue weighted by Crippen LogP contribution is 2.29. The first kappa shape index (κ1) is 13.7. The monoisotopic (exact) mass is 308 g/mol. The molecule has 3 heterocycles. The second kappa shape index (κ2) is 4.77. The summed E-state index contributed by atoms with van der Waals surface area (Å²) in [5.41, 5.74) is 3.37. The summed E-state index contributed by atoms with van der Waals surface area (Å²) in [6, 6.07) is 7.55. The average molecular weight is 308 g/mol. The van der Waals surface area contributed by atoms with Crippen LogP contribution in [0.15, 0.2) is 30.5 Å². The summed E-state index contributed by atoms with van der Waals surface area (Å²) >= 11 is 0. The van der Waals surface area contributed by atoms with Gasteiger partial charge in [0.15, 0.2) is 11.6 Å². The highest BCUT2D eigenvalue weighted by molar-refractivity contribution is 5.98. The number of hydrogen-bond donors (Lipinski definition) is 0. The van der Waals surface area contributed by atoms with Crippen LogP contribution in [-0.2, 0) is 13.6 Å². The molecule has 116 valence electrons. The standard InChI is InChI=1S/C16H16N6O/c1-10-12(8-17-21(10)3)15-19-18-14-9-20(2)16(23)11-6-4-5-7-13(11)22(14)15/h4-8H,9H2,1-3H3. The van der Waals surface area contributed by atoms with Crippen LogP contribution in [0, 0.1) is 6.92 Å². The van der Waals surface area contributed by atoms with Crippen LogP contribution in [0.5, 0.6) is 0 Å². The van der Waals surface area contributed by atoms with Crippen LogP contribution in [0.2, 0.25) is 0 Å². The van der Waals surface area contributed by atoms with Gasteiger partial charge in [0.25, 0.3) is 5.91 Å². The quantitative estimate of drug-likeness (QED) is 0.684. The molecule has 1 aromatic carbocycles. The Hall–Kier alpha value is -2.96. The molecule has 4 rings (SSSR count). The normalized spacial score (nSPS) is 13.7. The number of aromatic nitrogens is 5. The largest absolute Gasteiger partial charge is 0.334 e. The number of benzene rings is 1. The zero-order valence-corrected chi connectivity index (χ0v) is 13.2. The molecule has 1 amide bonds. The van der Waals surface area contributed by atoms with E-state index in [1.54, 1.807) is 22.8 Å². The molecular formula is C16H16N6O. The number of aryl methyl sites for hydroxylation is 1. The maximum atomic E-state index is 12.6. The van der Waals surface area contributed by atoms with E-state index >= 15 is 0 Å². The zero-order valence-electron chi connectivity index (χ0n) is 13.2. The number of rotatable bonds is 1. The molecule has 0 saturated heterocycles. The van der Waals surface area contributed by atoms with Crippen molar-refractivity contribution in [3.63, 3.8) is 0 Å². The SMILES string of the molecule is Cc1c(-c2nnc3n2-c2ccccc2C(=O)N(C)C3)cnn1C. The number of amides is 1. The molecule has 1 aliphatic heterocycles. The van der Waals surface area contributed by atoms with Crippen LogP contribution in [-0.4, -0.2) is 42.4 Å². The fourth-order valence-electron chi connectivity index (χ4n) is 2.90. The molecule has 0 radical (unpaired) electrons. The van der Waals surface area contributed by atoms with Gasteiger partial charge in [0, 0.05) is 19.8 Å². The van der Waals surface area contributed by atoms with Crippen molar-refractivity contribution in [2.45, 2.75) is 13.5 Å². The Balaban J connectivity index is 2.03. The predicted molar refractivity (Wildman–Crippen MR) is 84.1 cm³/mol. The van der Waals surface area contributed by atoms with Crippen molar-refractivity contribution < 1.29 is 4.79 Å². The Labute approximate surface area is 133 Å². The number of hydrogen-bond acceptors (Lipinski definition) is 4. The predicted octanol–water partition coefficient (Wildman–Crippen LogP) is 1.56. The molecule has 2 aromatic heterocycles.